The molecule has 0 spiro atoms. The molecule has 88 valence electrons. The van der Waals surface area contributed by atoms with Gasteiger partial charge in [-0.05, 0) is 23.1 Å². The fourth-order valence-electron chi connectivity index (χ4n) is 2.44. The number of benzene rings is 1. The summed E-state index contributed by atoms with van der Waals surface area (Å²) in [5.74, 6) is 0.143. The molecule has 1 aromatic rings. The first-order valence-corrected chi connectivity index (χ1v) is 5.58. The van der Waals surface area contributed by atoms with E-state index in [1.54, 1.807) is 6.07 Å². The van der Waals surface area contributed by atoms with Gasteiger partial charge in [-0.3, -0.25) is 0 Å². The maximum absolute atomic E-state index is 13.2. The maximum atomic E-state index is 13.2. The highest BCUT2D eigenvalue weighted by atomic mass is 19.1. The molecule has 16 heavy (non-hydrogen) atoms. The second kappa shape index (κ2) is 3.45. The topological polar surface area (TPSA) is 29.3 Å². The minimum Gasteiger partial charge on any atom is -0.377 e. The predicted octanol–water partition coefficient (Wildman–Crippen LogP) is 2.34. The van der Waals surface area contributed by atoms with E-state index in [-0.39, 0.29) is 17.3 Å². The van der Waals surface area contributed by atoms with Gasteiger partial charge in [-0.2, -0.15) is 0 Å². The van der Waals surface area contributed by atoms with Crippen LogP contribution in [0, 0.1) is 11.2 Å². The third-order valence-corrected chi connectivity index (χ3v) is 3.72. The predicted molar refractivity (Wildman–Crippen MR) is 65.2 cm³/mol. The van der Waals surface area contributed by atoms with Gasteiger partial charge in [0.05, 0.1) is 0 Å². The molecule has 2 N–H and O–H groups in total. The Hall–Kier alpha value is -1.09. The zero-order chi connectivity index (χ0) is 12.1. The lowest BCUT2D eigenvalue weighted by Gasteiger charge is -2.18. The van der Waals surface area contributed by atoms with Gasteiger partial charge in [0.2, 0.25) is 0 Å². The summed E-state index contributed by atoms with van der Waals surface area (Å²) in [6.07, 6.45) is 0. The first-order chi connectivity index (χ1) is 7.35. The molecular weight excluding hydrogens is 203 g/mol. The minimum absolute atomic E-state index is 0.128. The lowest BCUT2D eigenvalue weighted by molar-refractivity contribution is 0.597. The van der Waals surface area contributed by atoms with Crippen molar-refractivity contribution in [3.63, 3.8) is 0 Å². The van der Waals surface area contributed by atoms with Crippen LogP contribution in [-0.2, 0) is 0 Å². The van der Waals surface area contributed by atoms with Gasteiger partial charge in [-0.25, -0.2) is 4.39 Å². The smallest absolute Gasteiger partial charge is 0.125 e. The van der Waals surface area contributed by atoms with E-state index in [1.807, 2.05) is 25.1 Å². The Balaban J connectivity index is 2.43. The molecule has 0 aromatic heterocycles. The van der Waals surface area contributed by atoms with Crippen molar-refractivity contribution in [3.05, 3.63) is 29.6 Å². The lowest BCUT2D eigenvalue weighted by Crippen LogP contribution is -2.12. The molecule has 0 bridgehead atoms. The third kappa shape index (κ3) is 1.59. The van der Waals surface area contributed by atoms with E-state index in [4.69, 9.17) is 5.73 Å². The van der Waals surface area contributed by atoms with Gasteiger partial charge in [0.15, 0.2) is 0 Å². The highest BCUT2D eigenvalue weighted by Crippen LogP contribution is 2.58. The molecule has 1 aromatic carbocycles. The van der Waals surface area contributed by atoms with Crippen LogP contribution in [0.2, 0.25) is 0 Å². The second-order valence-electron chi connectivity index (χ2n) is 5.42. The van der Waals surface area contributed by atoms with Crippen LogP contribution in [0.5, 0.6) is 0 Å². The van der Waals surface area contributed by atoms with Gasteiger partial charge < -0.3 is 10.6 Å². The summed E-state index contributed by atoms with van der Waals surface area (Å²) < 4.78 is 13.2. The number of nitrogens with zero attached hydrogens (tertiary/aromatic N) is 1. The normalized spacial score (nSPS) is 26.6. The summed E-state index contributed by atoms with van der Waals surface area (Å²) in [4.78, 5) is 1.94. The summed E-state index contributed by atoms with van der Waals surface area (Å²) in [6.45, 7) is 4.32. The summed E-state index contributed by atoms with van der Waals surface area (Å²) in [6, 6.07) is 5.14. The van der Waals surface area contributed by atoms with E-state index in [0.29, 0.717) is 5.92 Å². The van der Waals surface area contributed by atoms with Gasteiger partial charge >= 0.3 is 0 Å². The molecule has 0 amide bonds. The van der Waals surface area contributed by atoms with E-state index in [2.05, 4.69) is 13.8 Å². The maximum Gasteiger partial charge on any atom is 0.125 e. The third-order valence-electron chi connectivity index (χ3n) is 3.72. The Morgan fingerprint density at radius 1 is 1.31 bits per heavy atom. The Bertz CT molecular complexity index is 412. The Morgan fingerprint density at radius 2 is 1.88 bits per heavy atom. The highest BCUT2D eigenvalue weighted by Gasteiger charge is 2.56. The molecule has 2 nitrogen and oxygen atoms in total. The van der Waals surface area contributed by atoms with Crippen molar-refractivity contribution >= 4 is 5.69 Å². The zero-order valence-corrected chi connectivity index (χ0v) is 10.3. The minimum atomic E-state index is -0.195. The van der Waals surface area contributed by atoms with Crippen LogP contribution in [0.1, 0.15) is 25.3 Å². The number of rotatable bonds is 2. The Labute approximate surface area is 96.2 Å². The van der Waals surface area contributed by atoms with Crippen molar-refractivity contribution in [1.82, 2.24) is 0 Å². The van der Waals surface area contributed by atoms with Gasteiger partial charge in [0.1, 0.15) is 5.82 Å². The number of anilines is 1. The SMILES string of the molecule is CN(C)c1cc(F)ccc1C1C(N)C1(C)C. The highest BCUT2D eigenvalue weighted by molar-refractivity contribution is 5.58. The van der Waals surface area contributed by atoms with Crippen molar-refractivity contribution in [2.45, 2.75) is 25.8 Å². The van der Waals surface area contributed by atoms with Gasteiger partial charge in [0, 0.05) is 31.7 Å². The molecule has 1 aliphatic rings. The van der Waals surface area contributed by atoms with E-state index in [9.17, 15) is 4.39 Å². The first-order valence-electron chi connectivity index (χ1n) is 5.58. The van der Waals surface area contributed by atoms with Gasteiger partial charge in [-0.1, -0.05) is 19.9 Å². The van der Waals surface area contributed by atoms with Gasteiger partial charge in [0.25, 0.3) is 0 Å². The molecule has 0 heterocycles. The Kier molecular flexibility index (Phi) is 2.46. The monoisotopic (exact) mass is 222 g/mol. The van der Waals surface area contributed by atoms with Crippen LogP contribution in [0.4, 0.5) is 10.1 Å². The van der Waals surface area contributed by atoms with E-state index in [0.717, 1.165) is 11.3 Å². The molecule has 2 atom stereocenters. The van der Waals surface area contributed by atoms with Crippen molar-refractivity contribution < 1.29 is 4.39 Å². The number of hydrogen-bond donors (Lipinski definition) is 1. The molecule has 0 saturated heterocycles. The average Bonchev–Trinajstić information content (AvgIpc) is 2.67. The van der Waals surface area contributed by atoms with E-state index in [1.165, 1.54) is 6.07 Å². The fourth-order valence-corrected chi connectivity index (χ4v) is 2.44. The molecule has 0 radical (unpaired) electrons. The van der Waals surface area contributed by atoms with Crippen LogP contribution in [0.15, 0.2) is 18.2 Å². The number of hydrogen-bond acceptors (Lipinski definition) is 2. The number of nitrogens with two attached hydrogens (primary N) is 1. The fraction of sp³-hybridized carbons (Fsp3) is 0.538. The van der Waals surface area contributed by atoms with Crippen molar-refractivity contribution in [1.29, 1.82) is 0 Å². The van der Waals surface area contributed by atoms with E-state index < -0.39 is 0 Å². The molecular formula is C13H19FN2. The first kappa shape index (κ1) is 11.4. The molecule has 3 heteroatoms. The molecule has 1 fully saturated rings. The van der Waals surface area contributed by atoms with Crippen molar-refractivity contribution in [2.75, 3.05) is 19.0 Å². The molecule has 1 aliphatic carbocycles. The van der Waals surface area contributed by atoms with Gasteiger partial charge in [-0.15, -0.1) is 0 Å². The molecule has 2 unspecified atom stereocenters. The quantitative estimate of drug-likeness (QED) is 0.832. The van der Waals surface area contributed by atoms with Crippen LogP contribution in [0.3, 0.4) is 0 Å². The molecule has 0 aliphatic heterocycles. The second-order valence-corrected chi connectivity index (χ2v) is 5.42. The average molecular weight is 222 g/mol. The Morgan fingerprint density at radius 3 is 2.31 bits per heavy atom. The van der Waals surface area contributed by atoms with Crippen LogP contribution in [0.25, 0.3) is 0 Å². The summed E-state index contributed by atoms with van der Waals surface area (Å²) in [7, 11) is 3.86. The standard InChI is InChI=1S/C13H19FN2/c1-13(2)11(12(13)15)9-6-5-8(14)7-10(9)16(3)4/h5-7,11-12H,15H2,1-4H3. The van der Waals surface area contributed by atoms with Crippen molar-refractivity contribution in [2.24, 2.45) is 11.1 Å². The summed E-state index contributed by atoms with van der Waals surface area (Å²) in [5, 5.41) is 0. The van der Waals surface area contributed by atoms with Crippen LogP contribution >= 0.6 is 0 Å². The molecule has 1 saturated carbocycles. The summed E-state index contributed by atoms with van der Waals surface area (Å²) in [5.41, 5.74) is 8.29. The summed E-state index contributed by atoms with van der Waals surface area (Å²) >= 11 is 0. The van der Waals surface area contributed by atoms with Crippen molar-refractivity contribution in [3.8, 4) is 0 Å². The largest absolute Gasteiger partial charge is 0.377 e. The number of halogens is 1. The van der Waals surface area contributed by atoms with Crippen LogP contribution < -0.4 is 10.6 Å². The van der Waals surface area contributed by atoms with Crippen LogP contribution in [-0.4, -0.2) is 20.1 Å². The molecule has 2 rings (SSSR count). The van der Waals surface area contributed by atoms with E-state index >= 15 is 0 Å². The zero-order valence-electron chi connectivity index (χ0n) is 10.3. The lowest BCUT2D eigenvalue weighted by atomic mass is 10.0.